The maximum absolute atomic E-state index is 12.3. The SMILES string of the molecule is CC(C)CNC[C@@H](O)C(C)(Cc1ccccc1)NC(=O)OC(C)(C)C. The van der Waals surface area contributed by atoms with Crippen molar-refractivity contribution in [3.63, 3.8) is 0 Å². The van der Waals surface area contributed by atoms with E-state index in [1.807, 2.05) is 58.0 Å². The number of amides is 1. The predicted molar refractivity (Wildman–Crippen MR) is 102 cm³/mol. The molecule has 0 aromatic heterocycles. The number of nitrogens with one attached hydrogen (secondary N) is 2. The Balaban J connectivity index is 2.86. The van der Waals surface area contributed by atoms with Gasteiger partial charge in [-0.05, 0) is 52.1 Å². The molecular weight excluding hydrogens is 316 g/mol. The second kappa shape index (κ2) is 9.20. The van der Waals surface area contributed by atoms with Gasteiger partial charge in [-0.1, -0.05) is 44.2 Å². The zero-order chi connectivity index (χ0) is 19.1. The van der Waals surface area contributed by atoms with E-state index >= 15 is 0 Å². The molecule has 0 bridgehead atoms. The Morgan fingerprint density at radius 2 is 1.72 bits per heavy atom. The highest BCUT2D eigenvalue weighted by Crippen LogP contribution is 2.19. The lowest BCUT2D eigenvalue weighted by Gasteiger charge is -2.36. The van der Waals surface area contributed by atoms with Gasteiger partial charge in [0.2, 0.25) is 0 Å². The standard InChI is InChI=1S/C20H34N2O3/c1-15(2)13-21-14-17(23)20(6,12-16-10-8-7-9-11-16)22-18(24)25-19(3,4)5/h7-11,15,17,21,23H,12-14H2,1-6H3,(H,22,24)/t17-,20?/m1/s1. The third kappa shape index (κ3) is 8.36. The van der Waals surface area contributed by atoms with Gasteiger partial charge in [-0.25, -0.2) is 4.79 Å². The van der Waals surface area contributed by atoms with Crippen LogP contribution in [0.5, 0.6) is 0 Å². The van der Waals surface area contributed by atoms with E-state index in [9.17, 15) is 9.90 Å². The van der Waals surface area contributed by atoms with Crippen LogP contribution in [0.2, 0.25) is 0 Å². The van der Waals surface area contributed by atoms with Crippen LogP contribution in [0.1, 0.15) is 47.1 Å². The molecule has 1 amide bonds. The molecule has 0 spiro atoms. The molecule has 5 heteroatoms. The molecule has 0 radical (unpaired) electrons. The summed E-state index contributed by atoms with van der Waals surface area (Å²) >= 11 is 0. The molecule has 1 aromatic rings. The molecule has 1 rings (SSSR count). The van der Waals surface area contributed by atoms with Gasteiger partial charge in [0.15, 0.2) is 0 Å². The van der Waals surface area contributed by atoms with E-state index in [1.54, 1.807) is 0 Å². The highest BCUT2D eigenvalue weighted by molar-refractivity contribution is 5.69. The molecule has 142 valence electrons. The monoisotopic (exact) mass is 350 g/mol. The quantitative estimate of drug-likeness (QED) is 0.674. The van der Waals surface area contributed by atoms with E-state index in [2.05, 4.69) is 24.5 Å². The molecule has 0 aliphatic carbocycles. The lowest BCUT2D eigenvalue weighted by Crippen LogP contribution is -2.59. The minimum atomic E-state index is -0.840. The Labute approximate surface area is 152 Å². The molecular formula is C20H34N2O3. The molecule has 3 N–H and O–H groups in total. The molecule has 5 nitrogen and oxygen atoms in total. The van der Waals surface area contributed by atoms with Gasteiger partial charge < -0.3 is 20.5 Å². The first-order valence-corrected chi connectivity index (χ1v) is 8.96. The number of aliphatic hydroxyl groups excluding tert-OH is 1. The fourth-order valence-electron chi connectivity index (χ4n) is 2.54. The van der Waals surface area contributed by atoms with Crippen molar-refractivity contribution in [3.05, 3.63) is 35.9 Å². The predicted octanol–water partition coefficient (Wildman–Crippen LogP) is 3.12. The van der Waals surface area contributed by atoms with E-state index in [0.717, 1.165) is 12.1 Å². The second-order valence-corrected chi connectivity index (χ2v) is 8.27. The average molecular weight is 351 g/mol. The van der Waals surface area contributed by atoms with Crippen LogP contribution >= 0.6 is 0 Å². The molecule has 0 aliphatic heterocycles. The Morgan fingerprint density at radius 1 is 1.12 bits per heavy atom. The Bertz CT molecular complexity index is 525. The largest absolute Gasteiger partial charge is 0.444 e. The number of carbonyl (C=O) groups excluding carboxylic acids is 1. The number of hydrogen-bond acceptors (Lipinski definition) is 4. The van der Waals surface area contributed by atoms with E-state index < -0.39 is 23.3 Å². The number of rotatable bonds is 8. The number of alkyl carbamates (subject to hydrolysis) is 1. The lowest BCUT2D eigenvalue weighted by molar-refractivity contribution is 0.0253. The lowest BCUT2D eigenvalue weighted by atomic mass is 9.87. The van der Waals surface area contributed by atoms with E-state index in [4.69, 9.17) is 4.74 Å². The minimum Gasteiger partial charge on any atom is -0.444 e. The molecule has 0 aliphatic rings. The minimum absolute atomic E-state index is 0.400. The van der Waals surface area contributed by atoms with Crippen LogP contribution in [0.3, 0.4) is 0 Å². The summed E-state index contributed by atoms with van der Waals surface area (Å²) in [5, 5.41) is 16.9. The van der Waals surface area contributed by atoms with Crippen molar-refractivity contribution in [2.75, 3.05) is 13.1 Å². The van der Waals surface area contributed by atoms with Crippen molar-refractivity contribution in [1.82, 2.24) is 10.6 Å². The fourth-order valence-corrected chi connectivity index (χ4v) is 2.54. The highest BCUT2D eigenvalue weighted by atomic mass is 16.6. The average Bonchev–Trinajstić information content (AvgIpc) is 2.45. The number of hydrogen-bond donors (Lipinski definition) is 3. The van der Waals surface area contributed by atoms with Crippen LogP contribution in [0.4, 0.5) is 4.79 Å². The van der Waals surface area contributed by atoms with Gasteiger partial charge in [0.25, 0.3) is 0 Å². The number of ether oxygens (including phenoxy) is 1. The molecule has 0 saturated heterocycles. The summed E-state index contributed by atoms with van der Waals surface area (Å²) in [6.45, 7) is 12.8. The van der Waals surface area contributed by atoms with Crippen LogP contribution < -0.4 is 10.6 Å². The van der Waals surface area contributed by atoms with E-state index in [-0.39, 0.29) is 0 Å². The Kier molecular flexibility index (Phi) is 7.90. The van der Waals surface area contributed by atoms with Crippen molar-refractivity contribution in [3.8, 4) is 0 Å². The molecule has 0 heterocycles. The smallest absolute Gasteiger partial charge is 0.408 e. The van der Waals surface area contributed by atoms with Crippen LogP contribution in [-0.2, 0) is 11.2 Å². The second-order valence-electron chi connectivity index (χ2n) is 8.27. The first-order valence-electron chi connectivity index (χ1n) is 8.96. The first kappa shape index (κ1) is 21.5. The van der Waals surface area contributed by atoms with Crippen LogP contribution in [0.15, 0.2) is 30.3 Å². The number of aliphatic hydroxyl groups is 1. The number of carbonyl (C=O) groups is 1. The molecule has 1 unspecified atom stereocenters. The van der Waals surface area contributed by atoms with E-state index in [1.165, 1.54) is 0 Å². The third-order valence-corrected chi connectivity index (χ3v) is 3.83. The Hall–Kier alpha value is -1.59. The normalized spacial score (nSPS) is 15.5. The van der Waals surface area contributed by atoms with Crippen molar-refractivity contribution in [2.24, 2.45) is 5.92 Å². The summed E-state index contributed by atoms with van der Waals surface area (Å²) in [4.78, 5) is 12.3. The van der Waals surface area contributed by atoms with Crippen molar-refractivity contribution in [2.45, 2.75) is 65.2 Å². The van der Waals surface area contributed by atoms with Crippen LogP contribution in [0.25, 0.3) is 0 Å². The van der Waals surface area contributed by atoms with Gasteiger partial charge in [-0.15, -0.1) is 0 Å². The van der Waals surface area contributed by atoms with Gasteiger partial charge in [-0.2, -0.15) is 0 Å². The van der Waals surface area contributed by atoms with Gasteiger partial charge in [0.05, 0.1) is 11.6 Å². The molecule has 2 atom stereocenters. The van der Waals surface area contributed by atoms with E-state index in [0.29, 0.717) is 18.9 Å². The summed E-state index contributed by atoms with van der Waals surface area (Å²) in [6.07, 6.45) is -0.759. The highest BCUT2D eigenvalue weighted by Gasteiger charge is 2.36. The molecule has 0 fully saturated rings. The van der Waals surface area contributed by atoms with Gasteiger partial charge in [0.1, 0.15) is 5.60 Å². The summed E-state index contributed by atoms with van der Waals surface area (Å²) in [5.41, 5.74) is -0.379. The molecule has 1 aromatic carbocycles. The molecule has 0 saturated carbocycles. The molecule has 25 heavy (non-hydrogen) atoms. The van der Waals surface area contributed by atoms with Gasteiger partial charge in [0, 0.05) is 6.54 Å². The van der Waals surface area contributed by atoms with Crippen molar-refractivity contribution in [1.29, 1.82) is 0 Å². The number of benzene rings is 1. The van der Waals surface area contributed by atoms with Crippen molar-refractivity contribution >= 4 is 6.09 Å². The summed E-state index contributed by atoms with van der Waals surface area (Å²) in [7, 11) is 0. The van der Waals surface area contributed by atoms with Gasteiger partial charge >= 0.3 is 6.09 Å². The van der Waals surface area contributed by atoms with Gasteiger partial charge in [-0.3, -0.25) is 0 Å². The summed E-state index contributed by atoms with van der Waals surface area (Å²) in [6, 6.07) is 9.83. The Morgan fingerprint density at radius 3 is 2.24 bits per heavy atom. The third-order valence-electron chi connectivity index (χ3n) is 3.83. The maximum Gasteiger partial charge on any atom is 0.408 e. The topological polar surface area (TPSA) is 70.6 Å². The van der Waals surface area contributed by atoms with Crippen LogP contribution in [-0.4, -0.2) is 41.5 Å². The zero-order valence-corrected chi connectivity index (χ0v) is 16.4. The van der Waals surface area contributed by atoms with Crippen molar-refractivity contribution < 1.29 is 14.6 Å². The zero-order valence-electron chi connectivity index (χ0n) is 16.4. The first-order chi connectivity index (χ1) is 11.5. The van der Waals surface area contributed by atoms with Crippen LogP contribution in [0, 0.1) is 5.92 Å². The summed E-state index contributed by atoms with van der Waals surface area (Å²) in [5.74, 6) is 0.492. The fraction of sp³-hybridized carbons (Fsp3) is 0.650. The maximum atomic E-state index is 12.3. The summed E-state index contributed by atoms with van der Waals surface area (Å²) < 4.78 is 5.38.